The number of rotatable bonds is 18. The number of aromatic nitrogens is 4. The molecule has 1 aromatic heterocycles. The van der Waals surface area contributed by atoms with Crippen molar-refractivity contribution < 1.29 is 42.9 Å². The van der Waals surface area contributed by atoms with Crippen LogP contribution in [-0.4, -0.2) is 114 Å². The first-order chi connectivity index (χ1) is 28.2. The van der Waals surface area contributed by atoms with E-state index >= 15 is 0 Å². The van der Waals surface area contributed by atoms with Crippen LogP contribution >= 0.6 is 0 Å². The molecular weight excluding hydrogens is 752 g/mol. The van der Waals surface area contributed by atoms with Crippen LogP contribution in [0.4, 0.5) is 11.4 Å². The van der Waals surface area contributed by atoms with Crippen molar-refractivity contribution in [1.82, 2.24) is 35.9 Å². The maximum atomic E-state index is 12.8. The predicted octanol–water partition coefficient (Wildman–Crippen LogP) is 2.99. The number of anilines is 2. The Kier molecular flexibility index (Phi) is 13.5. The normalized spacial score (nSPS) is 12.1. The molecule has 0 fully saturated rings. The van der Waals surface area contributed by atoms with E-state index in [9.17, 15) is 19.2 Å². The molecular formula is C39H40N10O9. The SMILES string of the molecule is COC(=O)c1cccc(NC(=O)CN2NN(C)N=C2c2ccc(OCCOCCOc3ccc(-c4nnn(CC(=O)Nc5cccc(C(=O)OC)c5)n4)cc3)cc2)c1. The van der Waals surface area contributed by atoms with E-state index in [-0.39, 0.29) is 19.0 Å². The lowest BCUT2D eigenvalue weighted by atomic mass is 10.2. The molecule has 0 bridgehead atoms. The van der Waals surface area contributed by atoms with Gasteiger partial charge in [-0.15, -0.1) is 20.8 Å². The number of esters is 2. The van der Waals surface area contributed by atoms with Gasteiger partial charge in [-0.1, -0.05) is 12.1 Å². The van der Waals surface area contributed by atoms with Gasteiger partial charge in [-0.05, 0) is 90.1 Å². The standard InChI is InChI=1S/C39H40N10O9/c1-47-44-37(48(46-47)24-34(50)40-30-8-4-6-28(22-30)38(52)54-2)27-12-16-33(17-13-27)58-21-19-56-18-20-57-32-14-10-26(11-15-32)36-42-45-49(43-36)25-35(51)41-31-9-5-7-29(23-31)39(53)55-3/h4-17,22-23,46H,18-21,24-25H2,1-3H3,(H,40,50)(H,41,51). The van der Waals surface area contributed by atoms with Crippen LogP contribution in [0.15, 0.2) is 102 Å². The number of hydrogen-bond acceptors (Lipinski definition) is 16. The highest BCUT2D eigenvalue weighted by Gasteiger charge is 2.24. The number of nitrogens with zero attached hydrogens (tertiary/aromatic N) is 7. The molecule has 5 aromatic rings. The number of hydrogen-bond donors (Lipinski definition) is 3. The molecule has 1 aliphatic heterocycles. The number of carbonyl (C=O) groups excluding carboxylic acids is 4. The van der Waals surface area contributed by atoms with Crippen LogP contribution in [0.5, 0.6) is 11.5 Å². The van der Waals surface area contributed by atoms with Crippen molar-refractivity contribution in [2.75, 3.05) is 64.9 Å². The first-order valence-corrected chi connectivity index (χ1v) is 17.8. The van der Waals surface area contributed by atoms with E-state index in [4.69, 9.17) is 23.7 Å². The highest BCUT2D eigenvalue weighted by atomic mass is 16.5. The second-order valence-corrected chi connectivity index (χ2v) is 12.4. The van der Waals surface area contributed by atoms with Crippen molar-refractivity contribution in [2.45, 2.75) is 6.54 Å². The third kappa shape index (κ3) is 11.1. The molecule has 300 valence electrons. The Bertz CT molecular complexity index is 2250. The zero-order valence-electron chi connectivity index (χ0n) is 31.8. The van der Waals surface area contributed by atoms with Crippen molar-refractivity contribution in [1.29, 1.82) is 0 Å². The summed E-state index contributed by atoms with van der Waals surface area (Å²) in [6, 6.07) is 27.3. The molecule has 19 heteroatoms. The van der Waals surface area contributed by atoms with E-state index in [1.807, 2.05) is 24.3 Å². The summed E-state index contributed by atoms with van der Waals surface area (Å²) < 4.78 is 26.7. The van der Waals surface area contributed by atoms with E-state index in [1.165, 1.54) is 30.2 Å². The molecule has 0 radical (unpaired) electrons. The number of carbonyl (C=O) groups is 4. The van der Waals surface area contributed by atoms with Gasteiger partial charge in [-0.2, -0.15) is 4.80 Å². The molecule has 0 atom stereocenters. The number of hydrazine groups is 2. The van der Waals surface area contributed by atoms with Crippen LogP contribution in [-0.2, 0) is 30.3 Å². The number of benzene rings is 4. The Balaban J connectivity index is 0.872. The van der Waals surface area contributed by atoms with Crippen LogP contribution in [0.1, 0.15) is 26.3 Å². The molecule has 0 aliphatic carbocycles. The van der Waals surface area contributed by atoms with Crippen LogP contribution in [0, 0.1) is 0 Å². The maximum absolute atomic E-state index is 12.8. The van der Waals surface area contributed by atoms with Crippen molar-refractivity contribution >= 4 is 41.0 Å². The minimum Gasteiger partial charge on any atom is -0.491 e. The van der Waals surface area contributed by atoms with Gasteiger partial charge in [0.05, 0.1) is 38.6 Å². The van der Waals surface area contributed by atoms with E-state index in [0.29, 0.717) is 77.7 Å². The lowest BCUT2D eigenvalue weighted by Crippen LogP contribution is -2.46. The topological polar surface area (TPSA) is 213 Å². The zero-order chi connectivity index (χ0) is 40.9. The second kappa shape index (κ2) is 19.5. The molecule has 0 saturated heterocycles. The highest BCUT2D eigenvalue weighted by Crippen LogP contribution is 2.20. The van der Waals surface area contributed by atoms with Crippen LogP contribution < -0.4 is 25.6 Å². The number of hydrazone groups is 1. The van der Waals surface area contributed by atoms with Crippen molar-refractivity contribution in [3.63, 3.8) is 0 Å². The van der Waals surface area contributed by atoms with Gasteiger partial charge in [-0.3, -0.25) is 14.6 Å². The molecule has 2 amide bonds. The summed E-state index contributed by atoms with van der Waals surface area (Å²) >= 11 is 0. The lowest BCUT2D eigenvalue weighted by molar-refractivity contribution is -0.118. The van der Waals surface area contributed by atoms with E-state index in [2.05, 4.69) is 36.7 Å². The molecule has 3 N–H and O–H groups in total. The number of ether oxygens (including phenoxy) is 5. The molecule has 0 spiro atoms. The van der Waals surface area contributed by atoms with Gasteiger partial charge in [0.2, 0.25) is 17.6 Å². The van der Waals surface area contributed by atoms with Crippen molar-refractivity contribution in [3.8, 4) is 22.9 Å². The third-order valence-electron chi connectivity index (χ3n) is 8.16. The Labute approximate surface area is 332 Å². The number of tetrazole rings is 1. The number of nitrogens with one attached hydrogen (secondary N) is 3. The minimum atomic E-state index is -0.506. The molecule has 58 heavy (non-hydrogen) atoms. The van der Waals surface area contributed by atoms with Gasteiger partial charge in [0.1, 0.15) is 37.8 Å². The highest BCUT2D eigenvalue weighted by molar-refractivity contribution is 6.03. The van der Waals surface area contributed by atoms with Crippen LogP contribution in [0.25, 0.3) is 11.4 Å². The fourth-order valence-corrected chi connectivity index (χ4v) is 5.49. The zero-order valence-corrected chi connectivity index (χ0v) is 31.8. The van der Waals surface area contributed by atoms with Gasteiger partial charge in [-0.25, -0.2) is 14.7 Å². The van der Waals surface area contributed by atoms with E-state index in [1.54, 1.807) is 78.8 Å². The average molecular weight is 793 g/mol. The largest absolute Gasteiger partial charge is 0.491 e. The van der Waals surface area contributed by atoms with Gasteiger partial charge in [0.15, 0.2) is 5.84 Å². The van der Waals surface area contributed by atoms with Gasteiger partial charge < -0.3 is 34.3 Å². The van der Waals surface area contributed by atoms with E-state index < -0.39 is 17.8 Å². The monoisotopic (exact) mass is 792 g/mol. The van der Waals surface area contributed by atoms with Crippen molar-refractivity contribution in [2.24, 2.45) is 5.10 Å². The number of methoxy groups -OCH3 is 2. The summed E-state index contributed by atoms with van der Waals surface area (Å²) in [5, 5.41) is 25.4. The molecule has 19 nitrogen and oxygen atoms in total. The Morgan fingerprint density at radius 1 is 0.672 bits per heavy atom. The summed E-state index contributed by atoms with van der Waals surface area (Å²) in [4.78, 5) is 50.1. The number of amidine groups is 1. The summed E-state index contributed by atoms with van der Waals surface area (Å²) in [6.07, 6.45) is 0. The molecule has 2 heterocycles. The van der Waals surface area contributed by atoms with Gasteiger partial charge in [0.25, 0.3) is 0 Å². The summed E-state index contributed by atoms with van der Waals surface area (Å²) in [6.45, 7) is 1.09. The predicted molar refractivity (Wildman–Crippen MR) is 208 cm³/mol. The second-order valence-electron chi connectivity index (χ2n) is 12.4. The third-order valence-corrected chi connectivity index (χ3v) is 8.16. The first kappa shape index (κ1) is 40.3. The smallest absolute Gasteiger partial charge is 0.337 e. The van der Waals surface area contributed by atoms with Gasteiger partial charge >= 0.3 is 11.9 Å². The maximum Gasteiger partial charge on any atom is 0.337 e. The summed E-state index contributed by atoms with van der Waals surface area (Å²) in [5.41, 5.74) is 6.00. The first-order valence-electron chi connectivity index (χ1n) is 17.8. The average Bonchev–Trinajstić information content (AvgIpc) is 3.85. The molecule has 0 saturated carbocycles. The molecule has 4 aromatic carbocycles. The minimum absolute atomic E-state index is 0.0547. The fraction of sp³-hybridized carbons (Fsp3) is 0.231. The molecule has 1 aliphatic rings. The number of amides is 2. The fourth-order valence-electron chi connectivity index (χ4n) is 5.49. The van der Waals surface area contributed by atoms with E-state index in [0.717, 1.165) is 5.56 Å². The summed E-state index contributed by atoms with van der Waals surface area (Å²) in [7, 11) is 4.30. The molecule has 0 unspecified atom stereocenters. The Morgan fingerprint density at radius 3 is 1.76 bits per heavy atom. The van der Waals surface area contributed by atoms with Crippen LogP contribution in [0.3, 0.4) is 0 Å². The quantitative estimate of drug-likeness (QED) is 0.0860. The van der Waals surface area contributed by atoms with Crippen molar-refractivity contribution in [3.05, 3.63) is 114 Å². The Hall–Kier alpha value is -7.38. The summed E-state index contributed by atoms with van der Waals surface area (Å²) in [5.74, 6) is 0.431. The molecule has 6 rings (SSSR count). The lowest BCUT2D eigenvalue weighted by Gasteiger charge is -2.20. The van der Waals surface area contributed by atoms with Gasteiger partial charge in [0, 0.05) is 29.5 Å². The van der Waals surface area contributed by atoms with Crippen LogP contribution in [0.2, 0.25) is 0 Å². The Morgan fingerprint density at radius 2 is 1.21 bits per heavy atom.